The third kappa shape index (κ3) is 1.69. The molecular weight excluding hydrogens is 198 g/mol. The number of rotatable bonds is 2. The fraction of sp³-hybridized carbons (Fsp3) is 0.333. The zero-order valence-electron chi connectivity index (χ0n) is 8.02. The molecule has 0 amide bonds. The molecule has 2 rings (SSSR count). The van der Waals surface area contributed by atoms with Gasteiger partial charge in [-0.2, -0.15) is 0 Å². The summed E-state index contributed by atoms with van der Waals surface area (Å²) < 4.78 is 5.10. The van der Waals surface area contributed by atoms with Gasteiger partial charge in [-0.25, -0.2) is 4.98 Å². The Morgan fingerprint density at radius 2 is 2.36 bits per heavy atom. The molecule has 0 bridgehead atoms. The first-order chi connectivity index (χ1) is 6.66. The van der Waals surface area contributed by atoms with Crippen LogP contribution in [-0.4, -0.2) is 10.1 Å². The van der Waals surface area contributed by atoms with E-state index in [-0.39, 0.29) is 6.04 Å². The van der Waals surface area contributed by atoms with Gasteiger partial charge in [-0.1, -0.05) is 5.16 Å². The molecule has 14 heavy (non-hydrogen) atoms. The normalized spacial score (nSPS) is 13.1. The maximum absolute atomic E-state index is 5.71. The molecule has 4 nitrogen and oxygen atoms in total. The Balaban J connectivity index is 2.33. The monoisotopic (exact) mass is 209 g/mol. The molecule has 0 aliphatic heterocycles. The van der Waals surface area contributed by atoms with Gasteiger partial charge in [0.25, 0.3) is 0 Å². The number of hydrogen-bond donors (Lipinski definition) is 1. The second kappa shape index (κ2) is 3.51. The van der Waals surface area contributed by atoms with Crippen molar-refractivity contribution >= 4 is 11.3 Å². The lowest BCUT2D eigenvalue weighted by molar-refractivity contribution is 0.426. The van der Waals surface area contributed by atoms with Crippen molar-refractivity contribution in [1.82, 2.24) is 10.1 Å². The molecular formula is C9H11N3OS. The predicted molar refractivity (Wildman–Crippen MR) is 55.0 cm³/mol. The standard InChI is InChI=1S/C9H11N3OS/c1-5-3-8(13-12-5)7-4-14-9(11-7)6(2)10/h3-4,6H,10H2,1-2H3. The van der Waals surface area contributed by atoms with Crippen molar-refractivity contribution in [3.05, 3.63) is 22.1 Å². The van der Waals surface area contributed by atoms with Crippen LogP contribution in [0.5, 0.6) is 0 Å². The lowest BCUT2D eigenvalue weighted by atomic mass is 10.3. The summed E-state index contributed by atoms with van der Waals surface area (Å²) in [5.74, 6) is 0.700. The number of hydrogen-bond acceptors (Lipinski definition) is 5. The van der Waals surface area contributed by atoms with Gasteiger partial charge in [-0.05, 0) is 13.8 Å². The van der Waals surface area contributed by atoms with Crippen molar-refractivity contribution < 1.29 is 4.52 Å². The van der Waals surface area contributed by atoms with Gasteiger partial charge in [-0.3, -0.25) is 0 Å². The highest BCUT2D eigenvalue weighted by atomic mass is 32.1. The van der Waals surface area contributed by atoms with Crippen LogP contribution in [-0.2, 0) is 0 Å². The van der Waals surface area contributed by atoms with Crippen LogP contribution in [0.3, 0.4) is 0 Å². The van der Waals surface area contributed by atoms with E-state index in [1.54, 1.807) is 0 Å². The maximum Gasteiger partial charge on any atom is 0.186 e. The summed E-state index contributed by atoms with van der Waals surface area (Å²) in [6.45, 7) is 3.79. The van der Waals surface area contributed by atoms with E-state index in [4.69, 9.17) is 10.3 Å². The topological polar surface area (TPSA) is 64.9 Å². The number of nitrogens with zero attached hydrogens (tertiary/aromatic N) is 2. The molecule has 0 saturated heterocycles. The summed E-state index contributed by atoms with van der Waals surface area (Å²) in [6, 6.07) is 1.83. The van der Waals surface area contributed by atoms with Gasteiger partial charge < -0.3 is 10.3 Å². The van der Waals surface area contributed by atoms with Gasteiger partial charge in [0.05, 0.1) is 11.7 Å². The Morgan fingerprint density at radius 1 is 1.57 bits per heavy atom. The van der Waals surface area contributed by atoms with E-state index in [0.717, 1.165) is 16.4 Å². The highest BCUT2D eigenvalue weighted by molar-refractivity contribution is 7.10. The largest absolute Gasteiger partial charge is 0.354 e. The van der Waals surface area contributed by atoms with Crippen LogP contribution >= 0.6 is 11.3 Å². The van der Waals surface area contributed by atoms with Crippen molar-refractivity contribution in [2.75, 3.05) is 0 Å². The smallest absolute Gasteiger partial charge is 0.186 e. The lowest BCUT2D eigenvalue weighted by Gasteiger charge is -1.95. The summed E-state index contributed by atoms with van der Waals surface area (Å²) in [5, 5.41) is 6.65. The van der Waals surface area contributed by atoms with Crippen LogP contribution in [0, 0.1) is 6.92 Å². The minimum Gasteiger partial charge on any atom is -0.354 e. The molecule has 2 heterocycles. The van der Waals surface area contributed by atoms with Crippen LogP contribution in [0.15, 0.2) is 16.0 Å². The molecule has 0 aliphatic carbocycles. The number of aryl methyl sites for hydroxylation is 1. The molecule has 0 aromatic carbocycles. The van der Waals surface area contributed by atoms with Crippen molar-refractivity contribution in [3.63, 3.8) is 0 Å². The summed E-state index contributed by atoms with van der Waals surface area (Å²) in [6.07, 6.45) is 0. The van der Waals surface area contributed by atoms with Crippen molar-refractivity contribution in [2.45, 2.75) is 19.9 Å². The average molecular weight is 209 g/mol. The molecule has 2 aromatic heterocycles. The minimum atomic E-state index is -0.0298. The third-order valence-electron chi connectivity index (χ3n) is 1.79. The fourth-order valence-corrected chi connectivity index (χ4v) is 1.86. The minimum absolute atomic E-state index is 0.0298. The second-order valence-electron chi connectivity index (χ2n) is 3.19. The van der Waals surface area contributed by atoms with Gasteiger partial charge in [0.1, 0.15) is 10.7 Å². The molecule has 1 atom stereocenters. The van der Waals surface area contributed by atoms with Gasteiger partial charge in [0.2, 0.25) is 0 Å². The number of thiazole rings is 1. The molecule has 74 valence electrons. The summed E-state index contributed by atoms with van der Waals surface area (Å²) >= 11 is 1.54. The van der Waals surface area contributed by atoms with Crippen LogP contribution in [0.2, 0.25) is 0 Å². The Labute approximate surface area is 85.7 Å². The van der Waals surface area contributed by atoms with E-state index in [1.807, 2.05) is 25.3 Å². The van der Waals surface area contributed by atoms with Crippen LogP contribution < -0.4 is 5.73 Å². The Kier molecular flexibility index (Phi) is 2.35. The van der Waals surface area contributed by atoms with Gasteiger partial charge in [-0.15, -0.1) is 11.3 Å². The highest BCUT2D eigenvalue weighted by Gasteiger charge is 2.10. The fourth-order valence-electron chi connectivity index (χ4n) is 1.09. The van der Waals surface area contributed by atoms with E-state index in [2.05, 4.69) is 10.1 Å². The Morgan fingerprint density at radius 3 is 2.86 bits per heavy atom. The molecule has 0 spiro atoms. The molecule has 0 radical (unpaired) electrons. The zero-order valence-corrected chi connectivity index (χ0v) is 8.84. The highest BCUT2D eigenvalue weighted by Crippen LogP contribution is 2.24. The van der Waals surface area contributed by atoms with Gasteiger partial charge in [0.15, 0.2) is 5.76 Å². The first kappa shape index (κ1) is 9.36. The van der Waals surface area contributed by atoms with Gasteiger partial charge in [0, 0.05) is 11.4 Å². The molecule has 0 aliphatic rings. The molecule has 5 heteroatoms. The van der Waals surface area contributed by atoms with Crippen molar-refractivity contribution in [1.29, 1.82) is 0 Å². The molecule has 1 unspecified atom stereocenters. The Bertz CT molecular complexity index is 433. The van der Waals surface area contributed by atoms with Crippen molar-refractivity contribution in [3.8, 4) is 11.5 Å². The van der Waals surface area contributed by atoms with Crippen molar-refractivity contribution in [2.24, 2.45) is 5.73 Å². The molecule has 2 N–H and O–H groups in total. The molecule has 2 aromatic rings. The van der Waals surface area contributed by atoms with Crippen LogP contribution in [0.4, 0.5) is 0 Å². The summed E-state index contributed by atoms with van der Waals surface area (Å²) in [5.41, 5.74) is 7.38. The molecule has 0 fully saturated rings. The Hall–Kier alpha value is -1.20. The van der Waals surface area contributed by atoms with E-state index >= 15 is 0 Å². The van der Waals surface area contributed by atoms with Crippen LogP contribution in [0.25, 0.3) is 11.5 Å². The van der Waals surface area contributed by atoms with Crippen LogP contribution in [0.1, 0.15) is 23.7 Å². The molecule has 0 saturated carbocycles. The SMILES string of the molecule is Cc1cc(-c2csc(C(C)N)n2)on1. The quantitative estimate of drug-likeness (QED) is 0.822. The van der Waals surface area contributed by atoms with E-state index in [0.29, 0.717) is 5.76 Å². The summed E-state index contributed by atoms with van der Waals surface area (Å²) in [4.78, 5) is 4.35. The lowest BCUT2D eigenvalue weighted by Crippen LogP contribution is -2.03. The van der Waals surface area contributed by atoms with E-state index in [9.17, 15) is 0 Å². The average Bonchev–Trinajstić information content (AvgIpc) is 2.70. The van der Waals surface area contributed by atoms with E-state index in [1.165, 1.54) is 11.3 Å². The summed E-state index contributed by atoms with van der Waals surface area (Å²) in [7, 11) is 0. The third-order valence-corrected chi connectivity index (χ3v) is 2.84. The van der Waals surface area contributed by atoms with E-state index < -0.39 is 0 Å². The maximum atomic E-state index is 5.71. The van der Waals surface area contributed by atoms with Gasteiger partial charge >= 0.3 is 0 Å². The number of aromatic nitrogens is 2. The first-order valence-electron chi connectivity index (χ1n) is 4.31. The zero-order chi connectivity index (χ0) is 10.1. The number of nitrogens with two attached hydrogens (primary N) is 1. The predicted octanol–water partition coefficient (Wildman–Crippen LogP) is 2.13. The second-order valence-corrected chi connectivity index (χ2v) is 4.08. The first-order valence-corrected chi connectivity index (χ1v) is 5.19.